The number of amides is 2. The van der Waals surface area contributed by atoms with Crippen LogP contribution in [0.1, 0.15) is 5.82 Å². The van der Waals surface area contributed by atoms with Crippen molar-refractivity contribution in [2.24, 2.45) is 0 Å². The molecule has 2 heterocycles. The van der Waals surface area contributed by atoms with E-state index in [1.54, 1.807) is 10.8 Å². The fourth-order valence-corrected chi connectivity index (χ4v) is 2.11. The fraction of sp³-hybridized carbons (Fsp3) is 0.545. The molecule has 0 aromatic carbocycles. The number of halogens is 3. The second-order valence-corrected chi connectivity index (χ2v) is 4.61. The van der Waals surface area contributed by atoms with E-state index in [0.29, 0.717) is 12.4 Å². The van der Waals surface area contributed by atoms with E-state index in [1.165, 1.54) is 6.20 Å². The molecule has 116 valence electrons. The van der Waals surface area contributed by atoms with Crippen molar-refractivity contribution in [2.75, 3.05) is 19.6 Å². The Labute approximate surface area is 117 Å². The van der Waals surface area contributed by atoms with Gasteiger partial charge in [0.2, 0.25) is 0 Å². The third-order valence-corrected chi connectivity index (χ3v) is 2.98. The van der Waals surface area contributed by atoms with Crippen LogP contribution in [0, 0.1) is 0 Å². The average molecular weight is 306 g/mol. The molecule has 0 saturated heterocycles. The Morgan fingerprint density at radius 3 is 2.71 bits per heavy atom. The predicted molar refractivity (Wildman–Crippen MR) is 63.3 cm³/mol. The van der Waals surface area contributed by atoms with Gasteiger partial charge in [-0.15, -0.1) is 0 Å². The molecular formula is C11H13F3N4O3. The number of hydrogen-bond acceptors (Lipinski definition) is 3. The van der Waals surface area contributed by atoms with E-state index in [-0.39, 0.29) is 18.0 Å². The molecule has 1 aliphatic heterocycles. The molecule has 0 bridgehead atoms. The predicted octanol–water partition coefficient (Wildman–Crippen LogP) is 0.768. The van der Waals surface area contributed by atoms with Crippen LogP contribution in [0.5, 0.6) is 0 Å². The molecule has 0 saturated carbocycles. The van der Waals surface area contributed by atoms with Gasteiger partial charge in [0.25, 0.3) is 0 Å². The van der Waals surface area contributed by atoms with Crippen molar-refractivity contribution in [2.45, 2.75) is 19.3 Å². The van der Waals surface area contributed by atoms with Crippen LogP contribution in [0.25, 0.3) is 0 Å². The molecule has 0 unspecified atom stereocenters. The lowest BCUT2D eigenvalue weighted by Crippen LogP contribution is -2.50. The van der Waals surface area contributed by atoms with Crippen molar-refractivity contribution in [1.29, 1.82) is 0 Å². The van der Waals surface area contributed by atoms with Crippen molar-refractivity contribution in [3.63, 3.8) is 0 Å². The molecule has 7 nitrogen and oxygen atoms in total. The smallest absolute Gasteiger partial charge is 0.406 e. The number of alkyl halides is 3. The Morgan fingerprint density at radius 1 is 1.38 bits per heavy atom. The summed E-state index contributed by atoms with van der Waals surface area (Å²) in [6.45, 7) is -1.92. The topological polar surface area (TPSA) is 78.7 Å². The summed E-state index contributed by atoms with van der Waals surface area (Å²) in [4.78, 5) is 28.2. The molecule has 0 fully saturated rings. The molecule has 0 atom stereocenters. The maximum atomic E-state index is 12.5. The average Bonchev–Trinajstić information content (AvgIpc) is 2.81. The van der Waals surface area contributed by atoms with Gasteiger partial charge in [-0.2, -0.15) is 13.2 Å². The molecule has 10 heteroatoms. The number of aliphatic carboxylic acids is 1. The number of urea groups is 1. The van der Waals surface area contributed by atoms with Crippen LogP contribution in [0.3, 0.4) is 0 Å². The number of hydrogen-bond donors (Lipinski definition) is 1. The number of carbonyl (C=O) groups is 2. The van der Waals surface area contributed by atoms with Crippen molar-refractivity contribution >= 4 is 12.0 Å². The van der Waals surface area contributed by atoms with Gasteiger partial charge in [-0.1, -0.05) is 0 Å². The Bertz CT molecular complexity index is 543. The molecular weight excluding hydrogens is 293 g/mol. The minimum Gasteiger partial charge on any atom is -0.480 e. The summed E-state index contributed by atoms with van der Waals surface area (Å²) in [6, 6.07) is -0.955. The molecule has 2 amide bonds. The number of nitrogens with zero attached hydrogens (tertiary/aromatic N) is 4. The molecule has 1 N–H and O–H groups in total. The van der Waals surface area contributed by atoms with E-state index in [0.717, 1.165) is 4.90 Å². The Hall–Kier alpha value is -2.26. The molecule has 0 spiro atoms. The minimum atomic E-state index is -4.65. The zero-order valence-electron chi connectivity index (χ0n) is 10.9. The largest absolute Gasteiger partial charge is 0.480 e. The summed E-state index contributed by atoms with van der Waals surface area (Å²) in [5.74, 6) is -0.942. The summed E-state index contributed by atoms with van der Waals surface area (Å²) < 4.78 is 39.1. The molecule has 1 aromatic rings. The second kappa shape index (κ2) is 5.62. The van der Waals surface area contributed by atoms with Crippen molar-refractivity contribution < 1.29 is 27.9 Å². The second-order valence-electron chi connectivity index (χ2n) is 4.61. The minimum absolute atomic E-state index is 0.0554. The lowest BCUT2D eigenvalue weighted by atomic mass is 10.3. The number of rotatable bonds is 3. The molecule has 2 rings (SSSR count). The van der Waals surface area contributed by atoms with Crippen molar-refractivity contribution in [3.05, 3.63) is 18.2 Å². The van der Waals surface area contributed by atoms with Crippen LogP contribution in [-0.2, 0) is 17.9 Å². The highest BCUT2D eigenvalue weighted by Gasteiger charge is 2.36. The van der Waals surface area contributed by atoms with E-state index >= 15 is 0 Å². The number of carbonyl (C=O) groups excluding carboxylic acids is 1. The van der Waals surface area contributed by atoms with Gasteiger partial charge in [0.15, 0.2) is 0 Å². The van der Waals surface area contributed by atoms with Gasteiger partial charge in [0.05, 0.1) is 6.54 Å². The van der Waals surface area contributed by atoms with Crippen LogP contribution in [0.2, 0.25) is 0 Å². The fourth-order valence-electron chi connectivity index (χ4n) is 2.11. The SMILES string of the molecule is O=C(O)CN(CC(F)(F)F)C(=O)N1CCn2ccnc2C1. The maximum absolute atomic E-state index is 12.5. The summed E-state index contributed by atoms with van der Waals surface area (Å²) in [5, 5.41) is 8.66. The molecule has 0 aliphatic carbocycles. The number of carboxylic acids is 1. The summed E-state index contributed by atoms with van der Waals surface area (Å²) in [5.41, 5.74) is 0. The Balaban J connectivity index is 2.09. The zero-order chi connectivity index (χ0) is 15.6. The van der Waals surface area contributed by atoms with Gasteiger partial charge in [-0.05, 0) is 0 Å². The van der Waals surface area contributed by atoms with Crippen LogP contribution in [0.4, 0.5) is 18.0 Å². The van der Waals surface area contributed by atoms with Gasteiger partial charge >= 0.3 is 18.2 Å². The van der Waals surface area contributed by atoms with E-state index in [4.69, 9.17) is 5.11 Å². The van der Waals surface area contributed by atoms with Gasteiger partial charge in [0.1, 0.15) is 18.9 Å². The highest BCUT2D eigenvalue weighted by molar-refractivity contribution is 5.80. The van der Waals surface area contributed by atoms with Gasteiger partial charge in [0, 0.05) is 25.5 Å². The summed E-state index contributed by atoms with van der Waals surface area (Å²) >= 11 is 0. The van der Waals surface area contributed by atoms with E-state index in [9.17, 15) is 22.8 Å². The summed E-state index contributed by atoms with van der Waals surface area (Å²) in [6.07, 6.45) is -1.41. The van der Waals surface area contributed by atoms with Crippen LogP contribution in [0.15, 0.2) is 12.4 Å². The lowest BCUT2D eigenvalue weighted by molar-refractivity contribution is -0.149. The monoisotopic (exact) mass is 306 g/mol. The molecule has 0 radical (unpaired) electrons. The highest BCUT2D eigenvalue weighted by Crippen LogP contribution is 2.19. The number of aromatic nitrogens is 2. The lowest BCUT2D eigenvalue weighted by Gasteiger charge is -2.32. The quantitative estimate of drug-likeness (QED) is 0.894. The van der Waals surface area contributed by atoms with E-state index in [2.05, 4.69) is 4.98 Å². The number of fused-ring (bicyclic) bond motifs is 1. The third-order valence-electron chi connectivity index (χ3n) is 2.98. The van der Waals surface area contributed by atoms with E-state index < -0.39 is 31.3 Å². The first-order valence-electron chi connectivity index (χ1n) is 6.08. The van der Waals surface area contributed by atoms with Crippen LogP contribution < -0.4 is 0 Å². The van der Waals surface area contributed by atoms with Gasteiger partial charge in [-0.3, -0.25) is 4.79 Å². The van der Waals surface area contributed by atoms with E-state index in [1.807, 2.05) is 0 Å². The highest BCUT2D eigenvalue weighted by atomic mass is 19.4. The first-order valence-corrected chi connectivity index (χ1v) is 6.08. The standard InChI is InChI=1S/C11H13F3N4O3/c12-11(13,14)7-18(6-9(19)20)10(21)17-4-3-16-2-1-15-8(16)5-17/h1-2H,3-7H2,(H,19,20). The first kappa shape index (κ1) is 15.1. The first-order chi connectivity index (χ1) is 9.76. The Kier molecular flexibility index (Phi) is 4.05. The van der Waals surface area contributed by atoms with Crippen LogP contribution in [-0.4, -0.2) is 62.3 Å². The van der Waals surface area contributed by atoms with Crippen molar-refractivity contribution in [1.82, 2.24) is 19.4 Å². The number of carboxylic acid groups (broad SMARTS) is 1. The normalized spacial score (nSPS) is 14.7. The van der Waals surface area contributed by atoms with Gasteiger partial charge in [-0.25, -0.2) is 9.78 Å². The molecule has 1 aliphatic rings. The van der Waals surface area contributed by atoms with Gasteiger partial charge < -0.3 is 19.5 Å². The third kappa shape index (κ3) is 3.86. The summed E-state index contributed by atoms with van der Waals surface area (Å²) in [7, 11) is 0. The zero-order valence-corrected chi connectivity index (χ0v) is 10.9. The number of imidazole rings is 1. The molecule has 1 aromatic heterocycles. The van der Waals surface area contributed by atoms with Crippen LogP contribution >= 0.6 is 0 Å². The maximum Gasteiger partial charge on any atom is 0.406 e. The Morgan fingerprint density at radius 2 is 2.10 bits per heavy atom. The van der Waals surface area contributed by atoms with Crippen molar-refractivity contribution in [3.8, 4) is 0 Å². The molecule has 21 heavy (non-hydrogen) atoms.